The Kier molecular flexibility index (Phi) is 10.4. The van der Waals surface area contributed by atoms with Gasteiger partial charge in [0.15, 0.2) is 0 Å². The summed E-state index contributed by atoms with van der Waals surface area (Å²) < 4.78 is 67.1. The molecule has 3 aromatic rings. The van der Waals surface area contributed by atoms with Crippen molar-refractivity contribution < 1.29 is 42.0 Å². The first-order valence-electron chi connectivity index (χ1n) is 13.6. The molecule has 0 aliphatic carbocycles. The molecule has 4 rings (SSSR count). The first-order valence-corrected chi connectivity index (χ1v) is 13.6. The number of aromatic carboxylic acids is 1. The van der Waals surface area contributed by atoms with Crippen LogP contribution in [-0.2, 0) is 11.3 Å². The second-order valence-electron chi connectivity index (χ2n) is 10.3. The fourth-order valence-electron chi connectivity index (χ4n) is 5.15. The Morgan fingerprint density at radius 1 is 1.19 bits per heavy atom. The molecule has 3 atom stereocenters. The van der Waals surface area contributed by atoms with Gasteiger partial charge in [0.05, 0.1) is 54.9 Å². The molecule has 1 saturated heterocycles. The van der Waals surface area contributed by atoms with E-state index in [-0.39, 0.29) is 43.2 Å². The van der Waals surface area contributed by atoms with E-state index >= 15 is 4.39 Å². The largest absolute Gasteiger partial charge is 0.495 e. The molecule has 1 fully saturated rings. The summed E-state index contributed by atoms with van der Waals surface area (Å²) >= 11 is 0. The van der Waals surface area contributed by atoms with E-state index < -0.39 is 37.0 Å². The maximum Gasteiger partial charge on any atom is 0.406 e. The van der Waals surface area contributed by atoms with Crippen molar-refractivity contribution in [2.24, 2.45) is 0 Å². The first kappa shape index (κ1) is 31.9. The van der Waals surface area contributed by atoms with Crippen molar-refractivity contribution in [1.82, 2.24) is 9.47 Å². The van der Waals surface area contributed by atoms with Crippen LogP contribution in [0, 0.1) is 11.8 Å². The number of hydrogen-bond acceptors (Lipinski definition) is 7. The summed E-state index contributed by atoms with van der Waals surface area (Å²) in [7, 11) is 2.87. The fourth-order valence-corrected chi connectivity index (χ4v) is 5.15. The maximum atomic E-state index is 15.1. The van der Waals surface area contributed by atoms with Crippen LogP contribution in [0.5, 0.6) is 5.75 Å². The van der Waals surface area contributed by atoms with Gasteiger partial charge >= 0.3 is 12.1 Å². The maximum absolute atomic E-state index is 15.1. The normalized spacial score (nSPS) is 18.1. The Morgan fingerprint density at radius 2 is 1.98 bits per heavy atom. The predicted molar refractivity (Wildman–Crippen MR) is 155 cm³/mol. The Bertz CT molecular complexity index is 1480. The summed E-state index contributed by atoms with van der Waals surface area (Å²) in [6, 6.07) is 10.2. The van der Waals surface area contributed by atoms with Crippen LogP contribution in [0.2, 0.25) is 0 Å². The second-order valence-corrected chi connectivity index (χ2v) is 10.3. The highest BCUT2D eigenvalue weighted by atomic mass is 19.4. The van der Waals surface area contributed by atoms with Gasteiger partial charge in [0, 0.05) is 37.8 Å². The minimum atomic E-state index is -4.51. The predicted octanol–water partition coefficient (Wildman–Crippen LogP) is 4.21. The number of methoxy groups -OCH3 is 2. The number of hydrogen-bond donors (Lipinski definition) is 4. The molecular formula is C30H34F4N4O5. The Labute approximate surface area is 246 Å². The lowest BCUT2D eigenvalue weighted by molar-refractivity contribution is -0.140. The van der Waals surface area contributed by atoms with Crippen molar-refractivity contribution in [2.45, 2.75) is 37.5 Å². The molecule has 1 aliphatic heterocycles. The standard InChI is InChI=1S/C30H34F4N4O5/c1-42-17-21(39)15-37-12-10-25(23(31)16-37)36-24-6-3-7-27-22(24)14-20(38(27)18-30(32,33)34)5-4-11-35-26-9-8-19(29(40)41)13-28(26)43-2/h3,6-9,13-14,21,23,25,35-36,39H,10-12,15-18H2,1-2H3,(H,40,41)/t21-,23-,25?/m1/s1. The molecule has 0 spiro atoms. The Hall–Kier alpha value is -3.99. The Balaban J connectivity index is 1.53. The van der Waals surface area contributed by atoms with Crippen LogP contribution < -0.4 is 15.4 Å². The van der Waals surface area contributed by atoms with Gasteiger partial charge in [0.2, 0.25) is 0 Å². The second kappa shape index (κ2) is 14.0. The monoisotopic (exact) mass is 606 g/mol. The van der Waals surface area contributed by atoms with Crippen LogP contribution in [0.1, 0.15) is 22.5 Å². The highest BCUT2D eigenvalue weighted by Gasteiger charge is 2.32. The average molecular weight is 607 g/mol. The number of nitrogens with one attached hydrogen (secondary N) is 2. The fraction of sp³-hybridized carbons (Fsp3) is 0.433. The Morgan fingerprint density at radius 3 is 2.65 bits per heavy atom. The summed E-state index contributed by atoms with van der Waals surface area (Å²) in [6.45, 7) is -0.123. The van der Waals surface area contributed by atoms with Gasteiger partial charge in [0.1, 0.15) is 18.5 Å². The lowest BCUT2D eigenvalue weighted by Crippen LogP contribution is -2.50. The molecule has 0 radical (unpaired) electrons. The highest BCUT2D eigenvalue weighted by molar-refractivity contribution is 5.94. The van der Waals surface area contributed by atoms with Crippen molar-refractivity contribution in [3.63, 3.8) is 0 Å². The lowest BCUT2D eigenvalue weighted by atomic mass is 10.0. The number of piperidine rings is 1. The smallest absolute Gasteiger partial charge is 0.406 e. The third-order valence-corrected chi connectivity index (χ3v) is 7.11. The number of anilines is 2. The molecule has 0 bridgehead atoms. The van der Waals surface area contributed by atoms with Gasteiger partial charge in [-0.3, -0.25) is 4.90 Å². The highest BCUT2D eigenvalue weighted by Crippen LogP contribution is 2.32. The van der Waals surface area contributed by atoms with E-state index in [1.165, 1.54) is 32.4 Å². The van der Waals surface area contributed by atoms with Gasteiger partial charge in [0.25, 0.3) is 0 Å². The zero-order valence-corrected chi connectivity index (χ0v) is 23.7. The summed E-state index contributed by atoms with van der Waals surface area (Å²) in [5, 5.41) is 25.8. The van der Waals surface area contributed by atoms with Crippen molar-refractivity contribution in [1.29, 1.82) is 0 Å². The third kappa shape index (κ3) is 8.31. The number of carbonyl (C=O) groups is 1. The summed E-state index contributed by atoms with van der Waals surface area (Å²) in [6.07, 6.45) is -6.05. The lowest BCUT2D eigenvalue weighted by Gasteiger charge is -2.36. The number of aliphatic hydroxyl groups excluding tert-OH is 1. The van der Waals surface area contributed by atoms with E-state index in [1.807, 2.05) is 4.90 Å². The van der Waals surface area contributed by atoms with Crippen LogP contribution in [0.3, 0.4) is 0 Å². The van der Waals surface area contributed by atoms with E-state index in [9.17, 15) is 23.1 Å². The number of aliphatic hydroxyl groups is 1. The van der Waals surface area contributed by atoms with E-state index in [0.29, 0.717) is 35.2 Å². The summed E-state index contributed by atoms with van der Waals surface area (Å²) in [5.74, 6) is 4.81. The number of carboxylic acid groups (broad SMARTS) is 1. The van der Waals surface area contributed by atoms with Crippen LogP contribution >= 0.6 is 0 Å². The molecule has 1 unspecified atom stereocenters. The molecule has 2 heterocycles. The van der Waals surface area contributed by atoms with Gasteiger partial charge in [-0.15, -0.1) is 0 Å². The molecule has 43 heavy (non-hydrogen) atoms. The first-order chi connectivity index (χ1) is 20.5. The number of likely N-dealkylation sites (tertiary alicyclic amines) is 1. The van der Waals surface area contributed by atoms with Crippen LogP contribution in [0.25, 0.3) is 10.9 Å². The van der Waals surface area contributed by atoms with Crippen LogP contribution in [0.4, 0.5) is 28.9 Å². The topological polar surface area (TPSA) is 108 Å². The third-order valence-electron chi connectivity index (χ3n) is 7.11. The molecule has 1 aromatic heterocycles. The van der Waals surface area contributed by atoms with Crippen molar-refractivity contribution in [3.05, 3.63) is 53.7 Å². The average Bonchev–Trinajstić information content (AvgIpc) is 3.29. The quantitative estimate of drug-likeness (QED) is 0.190. The number of alkyl halides is 4. The minimum Gasteiger partial charge on any atom is -0.495 e. The van der Waals surface area contributed by atoms with E-state index in [2.05, 4.69) is 22.5 Å². The summed E-state index contributed by atoms with van der Waals surface area (Å²) in [4.78, 5) is 13.0. The minimum absolute atomic E-state index is 0.0417. The van der Waals surface area contributed by atoms with Gasteiger partial charge < -0.3 is 34.9 Å². The molecular weight excluding hydrogens is 572 g/mol. The number of rotatable bonds is 11. The van der Waals surface area contributed by atoms with Crippen LogP contribution in [-0.4, -0.2) is 97.1 Å². The number of fused-ring (bicyclic) bond motifs is 1. The number of β-amino-alcohol motifs (C(OH)–C–C–N with tert-alkyl or cyclic N) is 1. The number of aromatic nitrogens is 1. The SMILES string of the molecule is COC[C@H](O)CN1CCC(Nc2cccc3c2cc(C#CCNc2ccc(C(=O)O)cc2OC)n3CC(F)(F)F)[C@H](F)C1. The van der Waals surface area contributed by atoms with Crippen molar-refractivity contribution >= 4 is 28.2 Å². The number of nitrogens with zero attached hydrogens (tertiary/aromatic N) is 2. The number of ether oxygens (including phenoxy) is 2. The molecule has 9 nitrogen and oxygen atoms in total. The van der Waals surface area contributed by atoms with Crippen molar-refractivity contribution in [3.8, 4) is 17.6 Å². The molecule has 2 aromatic carbocycles. The zero-order valence-electron chi connectivity index (χ0n) is 23.7. The van der Waals surface area contributed by atoms with E-state index in [4.69, 9.17) is 14.6 Å². The molecule has 0 amide bonds. The summed E-state index contributed by atoms with van der Waals surface area (Å²) in [5.41, 5.74) is 1.46. The van der Waals surface area contributed by atoms with Crippen molar-refractivity contribution in [2.75, 3.05) is 57.6 Å². The number of carboxylic acids is 1. The molecule has 13 heteroatoms. The number of halogens is 4. The van der Waals surface area contributed by atoms with Gasteiger partial charge in [-0.25, -0.2) is 9.18 Å². The molecule has 1 aliphatic rings. The number of benzene rings is 2. The van der Waals surface area contributed by atoms with Gasteiger partial charge in [-0.1, -0.05) is 12.0 Å². The van der Waals surface area contributed by atoms with E-state index in [0.717, 1.165) is 4.57 Å². The molecule has 0 saturated carbocycles. The van der Waals surface area contributed by atoms with Crippen LogP contribution in [0.15, 0.2) is 42.5 Å². The van der Waals surface area contributed by atoms with Gasteiger partial charge in [-0.05, 0) is 48.7 Å². The van der Waals surface area contributed by atoms with E-state index in [1.54, 1.807) is 24.3 Å². The van der Waals surface area contributed by atoms with Gasteiger partial charge in [-0.2, -0.15) is 13.2 Å². The zero-order chi connectivity index (χ0) is 31.1. The molecule has 232 valence electrons. The molecule has 4 N–H and O–H groups in total.